The number of esters is 1. The first-order chi connectivity index (χ1) is 9.04. The summed E-state index contributed by atoms with van der Waals surface area (Å²) in [7, 11) is 0. The van der Waals surface area contributed by atoms with E-state index in [9.17, 15) is 14.4 Å². The van der Waals surface area contributed by atoms with Crippen LogP contribution in [0.5, 0.6) is 0 Å². The van der Waals surface area contributed by atoms with Crippen molar-refractivity contribution in [3.05, 3.63) is 0 Å². The highest BCUT2D eigenvalue weighted by Crippen LogP contribution is 2.24. The van der Waals surface area contributed by atoms with E-state index in [1.807, 2.05) is 0 Å². The Labute approximate surface area is 112 Å². The monoisotopic (exact) mass is 271 g/mol. The molecule has 1 saturated carbocycles. The molecule has 19 heavy (non-hydrogen) atoms. The summed E-state index contributed by atoms with van der Waals surface area (Å²) in [6.45, 7) is 2.00. The van der Waals surface area contributed by atoms with Crippen molar-refractivity contribution in [1.82, 2.24) is 5.32 Å². The minimum Gasteiger partial charge on any atom is -0.481 e. The number of hydrogen-bond donors (Lipinski definition) is 2. The lowest BCUT2D eigenvalue weighted by Gasteiger charge is -2.29. The molecule has 1 aliphatic carbocycles. The molecule has 6 heteroatoms. The van der Waals surface area contributed by atoms with Gasteiger partial charge in [-0.3, -0.25) is 14.4 Å². The van der Waals surface area contributed by atoms with Gasteiger partial charge in [0.05, 0.1) is 18.9 Å². The number of carbonyl (C=O) groups excluding carboxylic acids is 2. The van der Waals surface area contributed by atoms with Gasteiger partial charge in [0, 0.05) is 12.5 Å². The quantitative estimate of drug-likeness (QED) is 0.705. The molecule has 1 rings (SSSR count). The van der Waals surface area contributed by atoms with E-state index in [0.29, 0.717) is 19.4 Å². The molecule has 0 heterocycles. The van der Waals surface area contributed by atoms with Crippen LogP contribution in [0.25, 0.3) is 0 Å². The van der Waals surface area contributed by atoms with E-state index in [4.69, 9.17) is 9.84 Å². The molecule has 1 fully saturated rings. The third kappa shape index (κ3) is 5.28. The van der Waals surface area contributed by atoms with Gasteiger partial charge in [-0.1, -0.05) is 12.8 Å². The highest BCUT2D eigenvalue weighted by atomic mass is 16.5. The fraction of sp³-hybridized carbons (Fsp3) is 0.769. The molecule has 0 saturated heterocycles. The maximum atomic E-state index is 11.7. The summed E-state index contributed by atoms with van der Waals surface area (Å²) in [4.78, 5) is 33.9. The Morgan fingerprint density at radius 3 is 2.53 bits per heavy atom. The van der Waals surface area contributed by atoms with Crippen molar-refractivity contribution in [2.45, 2.75) is 51.5 Å². The first-order valence-electron chi connectivity index (χ1n) is 6.72. The zero-order valence-corrected chi connectivity index (χ0v) is 11.2. The van der Waals surface area contributed by atoms with Gasteiger partial charge in [0.1, 0.15) is 0 Å². The summed E-state index contributed by atoms with van der Waals surface area (Å²) in [5, 5.41) is 11.8. The van der Waals surface area contributed by atoms with Crippen molar-refractivity contribution in [3.8, 4) is 0 Å². The van der Waals surface area contributed by atoms with Crippen LogP contribution in [-0.4, -0.2) is 35.6 Å². The molecule has 1 aliphatic rings. The van der Waals surface area contributed by atoms with Crippen LogP contribution in [-0.2, 0) is 19.1 Å². The van der Waals surface area contributed by atoms with Crippen LogP contribution in [0.15, 0.2) is 0 Å². The Bertz CT molecular complexity index is 342. The molecule has 0 aromatic rings. The third-order valence-electron chi connectivity index (χ3n) is 3.29. The normalized spacial score (nSPS) is 22.6. The highest BCUT2D eigenvalue weighted by molar-refractivity contribution is 5.82. The number of carboxylic acids is 1. The van der Waals surface area contributed by atoms with Crippen LogP contribution in [0, 0.1) is 5.92 Å². The standard InChI is InChI=1S/C13H21NO5/c1-2-19-12(16)8-7-11(15)14-10-6-4-3-5-9(10)13(17)18/h9-10H,2-8H2,1H3,(H,14,15)(H,17,18). The molecule has 6 nitrogen and oxygen atoms in total. The zero-order chi connectivity index (χ0) is 14.3. The van der Waals surface area contributed by atoms with Gasteiger partial charge in [-0.25, -0.2) is 0 Å². The molecule has 2 atom stereocenters. The molecule has 0 bridgehead atoms. The summed E-state index contributed by atoms with van der Waals surface area (Å²) in [5.41, 5.74) is 0. The lowest BCUT2D eigenvalue weighted by Crippen LogP contribution is -2.45. The van der Waals surface area contributed by atoms with Crippen molar-refractivity contribution < 1.29 is 24.2 Å². The number of ether oxygens (including phenoxy) is 1. The molecule has 0 spiro atoms. The van der Waals surface area contributed by atoms with Crippen LogP contribution in [0.2, 0.25) is 0 Å². The zero-order valence-electron chi connectivity index (χ0n) is 11.2. The van der Waals surface area contributed by atoms with Gasteiger partial charge in [0.25, 0.3) is 0 Å². The van der Waals surface area contributed by atoms with Crippen molar-refractivity contribution in [2.24, 2.45) is 5.92 Å². The molecule has 2 N–H and O–H groups in total. The van der Waals surface area contributed by atoms with Crippen molar-refractivity contribution >= 4 is 17.8 Å². The van der Waals surface area contributed by atoms with Gasteiger partial charge in [-0.2, -0.15) is 0 Å². The van der Waals surface area contributed by atoms with E-state index in [-0.39, 0.29) is 24.8 Å². The smallest absolute Gasteiger partial charge is 0.308 e. The van der Waals surface area contributed by atoms with Crippen LogP contribution in [0.3, 0.4) is 0 Å². The fourth-order valence-corrected chi connectivity index (χ4v) is 2.33. The number of aliphatic carboxylic acids is 1. The van der Waals surface area contributed by atoms with E-state index in [1.54, 1.807) is 6.92 Å². The van der Waals surface area contributed by atoms with Crippen LogP contribution >= 0.6 is 0 Å². The topological polar surface area (TPSA) is 92.7 Å². The minimum atomic E-state index is -0.865. The molecular weight excluding hydrogens is 250 g/mol. The summed E-state index contributed by atoms with van der Waals surface area (Å²) < 4.78 is 4.73. The Kier molecular flexibility index (Phi) is 6.32. The number of carbonyl (C=O) groups is 3. The lowest BCUT2D eigenvalue weighted by atomic mass is 9.84. The van der Waals surface area contributed by atoms with Gasteiger partial charge < -0.3 is 15.2 Å². The van der Waals surface area contributed by atoms with Crippen LogP contribution in [0.4, 0.5) is 0 Å². The molecule has 0 aliphatic heterocycles. The van der Waals surface area contributed by atoms with Crippen molar-refractivity contribution in [1.29, 1.82) is 0 Å². The summed E-state index contributed by atoms with van der Waals surface area (Å²) in [6, 6.07) is -0.319. The Balaban J connectivity index is 2.37. The van der Waals surface area contributed by atoms with E-state index >= 15 is 0 Å². The van der Waals surface area contributed by atoms with Gasteiger partial charge in [-0.05, 0) is 19.8 Å². The summed E-state index contributed by atoms with van der Waals surface area (Å²) >= 11 is 0. The maximum Gasteiger partial charge on any atom is 0.308 e. The van der Waals surface area contributed by atoms with Crippen LogP contribution in [0.1, 0.15) is 45.4 Å². The Morgan fingerprint density at radius 1 is 1.21 bits per heavy atom. The molecule has 108 valence electrons. The van der Waals surface area contributed by atoms with Gasteiger partial charge in [-0.15, -0.1) is 0 Å². The number of nitrogens with one attached hydrogen (secondary N) is 1. The lowest BCUT2D eigenvalue weighted by molar-refractivity contribution is -0.146. The summed E-state index contributed by atoms with van der Waals surface area (Å²) in [6.07, 6.45) is 3.16. The predicted octanol–water partition coefficient (Wildman–Crippen LogP) is 1.09. The highest BCUT2D eigenvalue weighted by Gasteiger charge is 2.31. The minimum absolute atomic E-state index is 0.0319. The van der Waals surface area contributed by atoms with E-state index < -0.39 is 17.9 Å². The first-order valence-corrected chi connectivity index (χ1v) is 6.72. The molecule has 1 amide bonds. The molecular formula is C13H21NO5. The number of hydrogen-bond acceptors (Lipinski definition) is 4. The first kappa shape index (κ1) is 15.5. The Morgan fingerprint density at radius 2 is 1.89 bits per heavy atom. The maximum absolute atomic E-state index is 11.7. The SMILES string of the molecule is CCOC(=O)CCC(=O)NC1CCCCC1C(=O)O. The molecule has 0 aromatic heterocycles. The van der Waals surface area contributed by atoms with Crippen LogP contribution < -0.4 is 5.32 Å². The van der Waals surface area contributed by atoms with E-state index in [2.05, 4.69) is 5.32 Å². The van der Waals surface area contributed by atoms with Gasteiger partial charge in [0.2, 0.25) is 5.91 Å². The van der Waals surface area contributed by atoms with Gasteiger partial charge in [0.15, 0.2) is 0 Å². The second-order valence-corrected chi connectivity index (χ2v) is 4.71. The molecule has 0 radical (unpaired) electrons. The van der Waals surface area contributed by atoms with E-state index in [0.717, 1.165) is 12.8 Å². The second-order valence-electron chi connectivity index (χ2n) is 4.71. The molecule has 2 unspecified atom stereocenters. The number of amides is 1. The third-order valence-corrected chi connectivity index (χ3v) is 3.29. The van der Waals surface area contributed by atoms with E-state index in [1.165, 1.54) is 0 Å². The van der Waals surface area contributed by atoms with Gasteiger partial charge >= 0.3 is 11.9 Å². The second kappa shape index (κ2) is 7.76. The van der Waals surface area contributed by atoms with Crippen molar-refractivity contribution in [2.75, 3.05) is 6.61 Å². The average molecular weight is 271 g/mol. The number of rotatable bonds is 6. The molecule has 0 aromatic carbocycles. The largest absolute Gasteiger partial charge is 0.481 e. The average Bonchev–Trinajstić information content (AvgIpc) is 2.37. The number of carboxylic acid groups (broad SMARTS) is 1. The Hall–Kier alpha value is -1.59. The fourth-order valence-electron chi connectivity index (χ4n) is 2.33. The van der Waals surface area contributed by atoms with Crippen molar-refractivity contribution in [3.63, 3.8) is 0 Å². The predicted molar refractivity (Wildman–Crippen MR) is 67.4 cm³/mol. The summed E-state index contributed by atoms with van der Waals surface area (Å²) in [5.74, 6) is -2.07.